The van der Waals surface area contributed by atoms with Crippen molar-refractivity contribution in [3.8, 4) is 67.5 Å². The minimum Gasteiger partial charge on any atom is -0.507 e. The molecule has 0 spiro atoms. The Morgan fingerprint density at radius 3 is 1.70 bits per heavy atom. The second-order valence-corrected chi connectivity index (χ2v) is 22.9. The topological polar surface area (TPSA) is 50.9 Å². The van der Waals surface area contributed by atoms with Gasteiger partial charge in [-0.05, 0) is 120 Å². The van der Waals surface area contributed by atoms with Crippen molar-refractivity contribution in [2.75, 3.05) is 0 Å². The molecule has 0 radical (unpaired) electrons. The number of aromatic hydroxyl groups is 1. The van der Waals surface area contributed by atoms with Crippen LogP contribution in [0.2, 0.25) is 0 Å². The number of nitrogens with zero attached hydrogens (tertiary/aromatic N) is 3. The molecular formula is C62H69N3O. The van der Waals surface area contributed by atoms with Gasteiger partial charge in [0, 0.05) is 28.4 Å². The van der Waals surface area contributed by atoms with Gasteiger partial charge in [0.25, 0.3) is 0 Å². The van der Waals surface area contributed by atoms with Gasteiger partial charge in [0.05, 0.1) is 38.9 Å². The molecule has 0 fully saturated rings. The zero-order valence-corrected chi connectivity index (χ0v) is 41.4. The Bertz CT molecular complexity index is 3530. The Kier molecular flexibility index (Phi) is 9.26. The zero-order chi connectivity index (χ0) is 54.7. The van der Waals surface area contributed by atoms with E-state index in [9.17, 15) is 6.48 Å². The fourth-order valence-electron chi connectivity index (χ4n) is 8.45. The number of para-hydroxylation sites is 1. The van der Waals surface area contributed by atoms with Crippen LogP contribution in [0.25, 0.3) is 72.7 Å². The van der Waals surface area contributed by atoms with Crippen LogP contribution in [-0.4, -0.2) is 19.6 Å². The highest BCUT2D eigenvalue weighted by molar-refractivity contribution is 5.98. The van der Waals surface area contributed by atoms with Gasteiger partial charge in [-0.25, -0.2) is 4.98 Å². The molecule has 0 saturated heterocycles. The number of hydrogen-bond acceptors (Lipinski definition) is 3. The molecule has 0 unspecified atom stereocenters. The molecule has 4 heteroatoms. The van der Waals surface area contributed by atoms with E-state index in [1.165, 1.54) is 5.56 Å². The third-order valence-electron chi connectivity index (χ3n) is 12.6. The predicted molar refractivity (Wildman–Crippen MR) is 281 cm³/mol. The van der Waals surface area contributed by atoms with Crippen LogP contribution in [0.3, 0.4) is 0 Å². The lowest BCUT2D eigenvalue weighted by molar-refractivity contribution is 0.446. The molecule has 8 aromatic rings. The van der Waals surface area contributed by atoms with Gasteiger partial charge in [0.15, 0.2) is 0 Å². The summed E-state index contributed by atoms with van der Waals surface area (Å²) in [5, 5.41) is 12.7. The summed E-state index contributed by atoms with van der Waals surface area (Å²) >= 11 is 0. The average Bonchev–Trinajstić information content (AvgIpc) is 3.70. The summed E-state index contributed by atoms with van der Waals surface area (Å²) in [7, 11) is 0. The lowest BCUT2D eigenvalue weighted by Crippen LogP contribution is -2.17. The lowest BCUT2D eigenvalue weighted by atomic mass is 9.79. The third kappa shape index (κ3) is 9.12. The van der Waals surface area contributed by atoms with Crippen LogP contribution in [0.5, 0.6) is 5.75 Å². The van der Waals surface area contributed by atoms with Crippen molar-refractivity contribution in [1.29, 1.82) is 0 Å². The highest BCUT2D eigenvalue weighted by atomic mass is 16.3. The molecule has 0 amide bonds. The summed E-state index contributed by atoms with van der Waals surface area (Å²) in [6, 6.07) is 27.8. The lowest BCUT2D eigenvalue weighted by Gasteiger charge is -2.28. The number of phenols is 1. The molecule has 2 heterocycles. The molecule has 0 bridgehead atoms. The molecule has 6 aromatic carbocycles. The van der Waals surface area contributed by atoms with Crippen molar-refractivity contribution in [2.24, 2.45) is 0 Å². The number of benzene rings is 6. The van der Waals surface area contributed by atoms with Crippen LogP contribution in [0.15, 0.2) is 139 Å². The molecule has 1 N–H and O–H groups in total. The Balaban J connectivity index is 1.50. The van der Waals surface area contributed by atoms with Crippen LogP contribution in [-0.2, 0) is 27.1 Å². The van der Waals surface area contributed by atoms with Gasteiger partial charge in [0.1, 0.15) is 11.6 Å². The average molecular weight is 880 g/mol. The van der Waals surface area contributed by atoms with Gasteiger partial charge in [0.2, 0.25) is 0 Å². The van der Waals surface area contributed by atoms with E-state index in [1.54, 1.807) is 0 Å². The van der Waals surface area contributed by atoms with E-state index in [0.29, 0.717) is 22.5 Å². The van der Waals surface area contributed by atoms with Crippen molar-refractivity contribution < 1.29 is 16.1 Å². The van der Waals surface area contributed by atoms with Crippen molar-refractivity contribution >= 4 is 11.0 Å². The minimum atomic E-state index is -0.600. The number of aromatic nitrogens is 3. The van der Waals surface area contributed by atoms with E-state index in [1.807, 2.05) is 24.3 Å². The van der Waals surface area contributed by atoms with Crippen LogP contribution < -0.4 is 0 Å². The van der Waals surface area contributed by atoms with E-state index in [2.05, 4.69) is 180 Å². The van der Waals surface area contributed by atoms with E-state index >= 15 is 0 Å². The Hall–Kier alpha value is -6.26. The molecule has 0 aliphatic carbocycles. The van der Waals surface area contributed by atoms with Crippen molar-refractivity contribution in [3.63, 3.8) is 0 Å². The smallest absolute Gasteiger partial charge is 0.149 e. The Morgan fingerprint density at radius 2 is 1.08 bits per heavy atom. The molecule has 4 nitrogen and oxygen atoms in total. The second-order valence-electron chi connectivity index (χ2n) is 22.9. The third-order valence-corrected chi connectivity index (χ3v) is 12.6. The van der Waals surface area contributed by atoms with Crippen LogP contribution in [0.1, 0.15) is 143 Å². The van der Waals surface area contributed by atoms with Crippen LogP contribution >= 0.6 is 0 Å². The normalized spacial score (nSPS) is 14.5. The minimum absolute atomic E-state index is 0.0261. The fraction of sp³-hybridized carbons (Fsp3) is 0.323. The SMILES string of the molecule is [2H]c1nc(-c2cc(-c3cccc4c3nc(-c3cc(C(C)(C)C)cc(C(C)(C)C)c3O)n4-c3ccc(C(C)(C)C)cc3-c3ccc(C(C)(C)C)cc3)cc(C(C)(C)C)c2)c([2H])c(-c2c([2H])c([2H])c([2H])c([2H])c2[2H])c1[2H]. The quantitative estimate of drug-likeness (QED) is 0.181. The highest BCUT2D eigenvalue weighted by Crippen LogP contribution is 2.46. The maximum absolute atomic E-state index is 12.7. The van der Waals surface area contributed by atoms with E-state index in [4.69, 9.17) is 14.6 Å². The molecule has 2 aromatic heterocycles. The zero-order valence-electron chi connectivity index (χ0n) is 49.4. The number of imidazole rings is 1. The fourth-order valence-corrected chi connectivity index (χ4v) is 8.45. The molecular weight excluding hydrogens is 803 g/mol. The number of pyridine rings is 1. The predicted octanol–water partition coefficient (Wildman–Crippen LogP) is 16.9. The molecule has 66 heavy (non-hydrogen) atoms. The van der Waals surface area contributed by atoms with Gasteiger partial charge in [-0.15, -0.1) is 0 Å². The first-order valence-corrected chi connectivity index (χ1v) is 23.0. The molecule has 0 atom stereocenters. The number of fused-ring (bicyclic) bond motifs is 1. The summed E-state index contributed by atoms with van der Waals surface area (Å²) in [6.45, 7) is 32.3. The van der Waals surface area contributed by atoms with Gasteiger partial charge < -0.3 is 5.11 Å². The largest absolute Gasteiger partial charge is 0.507 e. The number of phenolic OH excluding ortho intramolecular Hbond substituents is 1. The second kappa shape index (κ2) is 16.6. The monoisotopic (exact) mass is 880 g/mol. The standard InChI is InChI=1S/C62H69N3O/c1-58(2,3)44-26-24-40(25-27-44)49-36-45(59(4,5)6)28-29-53(49)65-54-23-19-22-48(55(54)64-57(65)50-37-47(61(10,11)12)38-51(56(50)66)62(13,14)15)42-32-43(34-46(33-42)60(7,8)9)52-35-41(30-31-63-52)39-20-17-16-18-21-39/h16-38,66H,1-15H3/i16D,17D,18D,20D,21D,30D,31D,35D. The molecule has 8 rings (SSSR count). The van der Waals surface area contributed by atoms with Gasteiger partial charge in [-0.2, -0.15) is 0 Å². The first kappa shape index (κ1) is 36.9. The molecule has 0 aliphatic heterocycles. The Morgan fingerprint density at radius 1 is 0.485 bits per heavy atom. The molecule has 0 aliphatic rings. The number of rotatable bonds is 6. The van der Waals surface area contributed by atoms with Gasteiger partial charge >= 0.3 is 0 Å². The maximum atomic E-state index is 12.7. The van der Waals surface area contributed by atoms with E-state index < -0.39 is 53.3 Å². The summed E-state index contributed by atoms with van der Waals surface area (Å²) in [4.78, 5) is 10.1. The van der Waals surface area contributed by atoms with Gasteiger partial charge in [-0.3, -0.25) is 9.55 Å². The van der Waals surface area contributed by atoms with Crippen LogP contribution in [0, 0.1) is 0 Å². The number of hydrogen-bond donors (Lipinski definition) is 1. The van der Waals surface area contributed by atoms with Crippen molar-refractivity contribution in [1.82, 2.24) is 14.5 Å². The van der Waals surface area contributed by atoms with Crippen LogP contribution in [0.4, 0.5) is 0 Å². The summed E-state index contributed by atoms with van der Waals surface area (Å²) in [5.41, 5.74) is 9.99. The summed E-state index contributed by atoms with van der Waals surface area (Å²) in [5.74, 6) is 0.698. The first-order valence-electron chi connectivity index (χ1n) is 27.0. The Labute approximate surface area is 406 Å². The molecule has 0 saturated carbocycles. The molecule has 338 valence electrons. The highest BCUT2D eigenvalue weighted by Gasteiger charge is 2.30. The van der Waals surface area contributed by atoms with Crippen molar-refractivity contribution in [2.45, 2.75) is 131 Å². The summed E-state index contributed by atoms with van der Waals surface area (Å²) < 4.78 is 72.1. The van der Waals surface area contributed by atoms with Crippen molar-refractivity contribution in [3.05, 3.63) is 167 Å². The summed E-state index contributed by atoms with van der Waals surface area (Å²) in [6.07, 6.45) is -0.501. The van der Waals surface area contributed by atoms with E-state index in [0.717, 1.165) is 55.7 Å². The van der Waals surface area contributed by atoms with Gasteiger partial charge in [-0.1, -0.05) is 189 Å². The van der Waals surface area contributed by atoms with E-state index in [-0.39, 0.29) is 44.9 Å². The maximum Gasteiger partial charge on any atom is 0.149 e. The first-order chi connectivity index (χ1) is 34.1.